The zero-order chi connectivity index (χ0) is 16.8. The van der Waals surface area contributed by atoms with E-state index in [0.717, 1.165) is 38.4 Å². The van der Waals surface area contributed by atoms with Crippen LogP contribution in [0.1, 0.15) is 12.5 Å². The first-order valence-corrected chi connectivity index (χ1v) is 8.19. The van der Waals surface area contributed by atoms with Crippen LogP contribution in [0.25, 0.3) is 6.08 Å². The summed E-state index contributed by atoms with van der Waals surface area (Å²) >= 11 is 0. The minimum atomic E-state index is -0.164. The van der Waals surface area contributed by atoms with E-state index in [9.17, 15) is 4.79 Å². The van der Waals surface area contributed by atoms with Crippen LogP contribution in [-0.2, 0) is 16.1 Å². The molecule has 0 spiro atoms. The number of hydrogen-bond donors (Lipinski definition) is 1. The van der Waals surface area contributed by atoms with Crippen LogP contribution in [0.3, 0.4) is 0 Å². The average molecular weight is 326 g/mol. The standard InChI is InChI=1S/C18H22N4O2/c1-2-22-14-16(13-19-22)20-18(23)8-5-15-3-6-17(7-4-15)21-9-11-24-12-10-21/h3-8,13-14H,2,9-12H2,1H3,(H,20,23)/b8-5-. The molecule has 1 aromatic heterocycles. The Labute approximate surface area is 141 Å². The lowest BCUT2D eigenvalue weighted by Gasteiger charge is -2.28. The Balaban J connectivity index is 1.56. The molecule has 6 heteroatoms. The molecular weight excluding hydrogens is 304 g/mol. The van der Waals surface area contributed by atoms with Gasteiger partial charge in [-0.3, -0.25) is 9.48 Å². The van der Waals surface area contributed by atoms with Crippen molar-refractivity contribution in [2.45, 2.75) is 13.5 Å². The van der Waals surface area contributed by atoms with Gasteiger partial charge in [-0.2, -0.15) is 5.10 Å². The van der Waals surface area contributed by atoms with Crippen LogP contribution in [0, 0.1) is 0 Å². The number of carbonyl (C=O) groups excluding carboxylic acids is 1. The SMILES string of the molecule is CCn1cc(NC(=O)/C=C\c2ccc(N3CCOCC3)cc2)cn1. The first kappa shape index (κ1) is 16.3. The number of nitrogens with zero attached hydrogens (tertiary/aromatic N) is 3. The summed E-state index contributed by atoms with van der Waals surface area (Å²) in [5.41, 5.74) is 2.88. The van der Waals surface area contributed by atoms with Gasteiger partial charge in [0.1, 0.15) is 0 Å². The Hall–Kier alpha value is -2.60. The summed E-state index contributed by atoms with van der Waals surface area (Å²) in [6.07, 6.45) is 6.80. The Morgan fingerprint density at radius 2 is 2.04 bits per heavy atom. The van der Waals surface area contributed by atoms with Crippen LogP contribution in [0.5, 0.6) is 0 Å². The summed E-state index contributed by atoms with van der Waals surface area (Å²) in [5.74, 6) is -0.164. The summed E-state index contributed by atoms with van der Waals surface area (Å²) in [6.45, 7) is 6.17. The molecule has 0 saturated carbocycles. The van der Waals surface area contributed by atoms with Crippen LogP contribution >= 0.6 is 0 Å². The van der Waals surface area contributed by atoms with Gasteiger partial charge in [-0.15, -0.1) is 0 Å². The smallest absolute Gasteiger partial charge is 0.248 e. The molecule has 126 valence electrons. The Kier molecular flexibility index (Phi) is 5.28. The topological polar surface area (TPSA) is 59.4 Å². The third-order valence-electron chi connectivity index (χ3n) is 3.92. The molecule has 1 N–H and O–H groups in total. The van der Waals surface area contributed by atoms with Gasteiger partial charge in [-0.05, 0) is 30.7 Å². The highest BCUT2D eigenvalue weighted by Crippen LogP contribution is 2.17. The predicted octanol–water partition coefficient (Wildman–Crippen LogP) is 2.39. The lowest BCUT2D eigenvalue weighted by molar-refractivity contribution is -0.111. The molecule has 0 radical (unpaired) electrons. The third kappa shape index (κ3) is 4.23. The molecular formula is C18H22N4O2. The van der Waals surface area contributed by atoms with Gasteiger partial charge in [0, 0.05) is 37.6 Å². The van der Waals surface area contributed by atoms with Gasteiger partial charge in [0.05, 0.1) is 25.1 Å². The second-order valence-corrected chi connectivity index (χ2v) is 5.60. The average Bonchev–Trinajstić information content (AvgIpc) is 3.09. The van der Waals surface area contributed by atoms with E-state index < -0.39 is 0 Å². The summed E-state index contributed by atoms with van der Waals surface area (Å²) in [7, 11) is 0. The van der Waals surface area contributed by atoms with E-state index >= 15 is 0 Å². The van der Waals surface area contributed by atoms with Gasteiger partial charge in [0.2, 0.25) is 5.91 Å². The number of nitrogens with one attached hydrogen (secondary N) is 1. The molecule has 3 rings (SSSR count). The first-order valence-electron chi connectivity index (χ1n) is 8.19. The van der Waals surface area contributed by atoms with Crippen molar-refractivity contribution < 1.29 is 9.53 Å². The van der Waals surface area contributed by atoms with Crippen molar-refractivity contribution >= 4 is 23.4 Å². The maximum Gasteiger partial charge on any atom is 0.248 e. The van der Waals surface area contributed by atoms with Gasteiger partial charge in [-0.1, -0.05) is 12.1 Å². The normalized spacial score (nSPS) is 15.0. The summed E-state index contributed by atoms with van der Waals surface area (Å²) in [6, 6.07) is 8.19. The van der Waals surface area contributed by atoms with Gasteiger partial charge in [-0.25, -0.2) is 0 Å². The second-order valence-electron chi connectivity index (χ2n) is 5.60. The fraction of sp³-hybridized carbons (Fsp3) is 0.333. The minimum absolute atomic E-state index is 0.164. The highest BCUT2D eigenvalue weighted by molar-refractivity contribution is 6.01. The number of carbonyl (C=O) groups is 1. The quantitative estimate of drug-likeness (QED) is 0.857. The molecule has 0 unspecified atom stereocenters. The van der Waals surface area contributed by atoms with Crippen LogP contribution in [0.2, 0.25) is 0 Å². The molecule has 1 aliphatic rings. The van der Waals surface area contributed by atoms with Crippen LogP contribution in [0.4, 0.5) is 11.4 Å². The number of morpholine rings is 1. The Morgan fingerprint density at radius 1 is 1.29 bits per heavy atom. The zero-order valence-electron chi connectivity index (χ0n) is 13.8. The molecule has 1 fully saturated rings. The van der Waals surface area contributed by atoms with Crippen molar-refractivity contribution in [2.24, 2.45) is 0 Å². The molecule has 0 bridgehead atoms. The maximum absolute atomic E-state index is 11.9. The van der Waals surface area contributed by atoms with Crippen LogP contribution in [0.15, 0.2) is 42.7 Å². The minimum Gasteiger partial charge on any atom is -0.378 e. The van der Waals surface area contributed by atoms with Crippen LogP contribution in [-0.4, -0.2) is 42.0 Å². The van der Waals surface area contributed by atoms with Crippen molar-refractivity contribution in [3.63, 3.8) is 0 Å². The number of amides is 1. The largest absolute Gasteiger partial charge is 0.378 e. The van der Waals surface area contributed by atoms with Crippen molar-refractivity contribution in [3.8, 4) is 0 Å². The molecule has 0 atom stereocenters. The Morgan fingerprint density at radius 3 is 2.71 bits per heavy atom. The monoisotopic (exact) mass is 326 g/mol. The number of anilines is 2. The maximum atomic E-state index is 11.9. The fourth-order valence-corrected chi connectivity index (χ4v) is 2.57. The van der Waals surface area contributed by atoms with E-state index in [1.165, 1.54) is 11.8 Å². The number of rotatable bonds is 5. The van der Waals surface area contributed by atoms with E-state index in [0.29, 0.717) is 5.69 Å². The van der Waals surface area contributed by atoms with E-state index in [-0.39, 0.29) is 5.91 Å². The summed E-state index contributed by atoms with van der Waals surface area (Å²) in [4.78, 5) is 14.2. The van der Waals surface area contributed by atoms with Crippen molar-refractivity contribution in [1.82, 2.24) is 9.78 Å². The van der Waals surface area contributed by atoms with Gasteiger partial charge in [0.15, 0.2) is 0 Å². The molecule has 2 heterocycles. The Bertz CT molecular complexity index is 700. The number of hydrogen-bond acceptors (Lipinski definition) is 4. The third-order valence-corrected chi connectivity index (χ3v) is 3.92. The molecule has 24 heavy (non-hydrogen) atoms. The lowest BCUT2D eigenvalue weighted by Crippen LogP contribution is -2.36. The number of aryl methyl sites for hydroxylation is 1. The van der Waals surface area contributed by atoms with E-state index in [4.69, 9.17) is 4.74 Å². The van der Waals surface area contributed by atoms with Crippen molar-refractivity contribution in [1.29, 1.82) is 0 Å². The second kappa shape index (κ2) is 7.79. The lowest BCUT2D eigenvalue weighted by atomic mass is 10.1. The highest BCUT2D eigenvalue weighted by Gasteiger charge is 2.10. The summed E-state index contributed by atoms with van der Waals surface area (Å²) in [5, 5.41) is 6.92. The van der Waals surface area contributed by atoms with E-state index in [1.807, 2.05) is 31.3 Å². The predicted molar refractivity (Wildman–Crippen MR) is 95.0 cm³/mol. The number of ether oxygens (including phenoxy) is 1. The molecule has 1 aromatic carbocycles. The van der Waals surface area contributed by atoms with Gasteiger partial charge >= 0.3 is 0 Å². The first-order chi connectivity index (χ1) is 11.7. The zero-order valence-corrected chi connectivity index (χ0v) is 13.8. The molecule has 1 aliphatic heterocycles. The molecule has 1 saturated heterocycles. The van der Waals surface area contributed by atoms with Gasteiger partial charge < -0.3 is 15.0 Å². The molecule has 1 amide bonds. The van der Waals surface area contributed by atoms with Gasteiger partial charge in [0.25, 0.3) is 0 Å². The number of benzene rings is 1. The van der Waals surface area contributed by atoms with Crippen molar-refractivity contribution in [2.75, 3.05) is 36.5 Å². The van der Waals surface area contributed by atoms with E-state index in [1.54, 1.807) is 10.9 Å². The van der Waals surface area contributed by atoms with Crippen LogP contribution < -0.4 is 10.2 Å². The molecule has 2 aromatic rings. The van der Waals surface area contributed by atoms with E-state index in [2.05, 4.69) is 27.4 Å². The highest BCUT2D eigenvalue weighted by atomic mass is 16.5. The molecule has 6 nitrogen and oxygen atoms in total. The summed E-state index contributed by atoms with van der Waals surface area (Å²) < 4.78 is 7.13. The molecule has 0 aliphatic carbocycles. The van der Waals surface area contributed by atoms with Crippen molar-refractivity contribution in [3.05, 3.63) is 48.3 Å². The fourth-order valence-electron chi connectivity index (χ4n) is 2.57. The number of aromatic nitrogens is 2.